The van der Waals surface area contributed by atoms with Gasteiger partial charge < -0.3 is 10.1 Å². The van der Waals surface area contributed by atoms with Gasteiger partial charge in [-0.1, -0.05) is 11.6 Å². The van der Waals surface area contributed by atoms with E-state index in [1.54, 1.807) is 0 Å². The van der Waals surface area contributed by atoms with E-state index < -0.39 is 0 Å². The van der Waals surface area contributed by atoms with Gasteiger partial charge in [0, 0.05) is 13.1 Å². The van der Waals surface area contributed by atoms with Gasteiger partial charge >= 0.3 is 0 Å². The van der Waals surface area contributed by atoms with Crippen LogP contribution >= 0.6 is 0 Å². The molecule has 3 heterocycles. The van der Waals surface area contributed by atoms with Gasteiger partial charge in [-0.05, 0) is 32.2 Å². The fourth-order valence-corrected chi connectivity index (χ4v) is 2.83. The van der Waals surface area contributed by atoms with Gasteiger partial charge in [0.05, 0.1) is 0 Å². The van der Waals surface area contributed by atoms with Crippen LogP contribution in [0.5, 0.6) is 0 Å². The van der Waals surface area contributed by atoms with Gasteiger partial charge in [-0.25, -0.2) is 0 Å². The molecule has 2 fully saturated rings. The lowest BCUT2D eigenvalue weighted by atomic mass is 10.1. The van der Waals surface area contributed by atoms with Crippen molar-refractivity contribution < 1.29 is 14.3 Å². The molecule has 3 rings (SSSR count). The Hall–Kier alpha value is -1.20. The molecular weight excluding hydrogens is 232 g/mol. The topological polar surface area (TPSA) is 58.6 Å². The van der Waals surface area contributed by atoms with Gasteiger partial charge in [0.1, 0.15) is 12.2 Å². The van der Waals surface area contributed by atoms with Crippen LogP contribution in [-0.2, 0) is 14.3 Å². The van der Waals surface area contributed by atoms with Crippen LogP contribution in [0.15, 0.2) is 11.6 Å². The zero-order valence-corrected chi connectivity index (χ0v) is 10.4. The molecule has 0 aromatic carbocycles. The van der Waals surface area contributed by atoms with E-state index in [0.717, 1.165) is 25.9 Å². The van der Waals surface area contributed by atoms with Crippen molar-refractivity contribution in [2.45, 2.75) is 37.9 Å². The van der Waals surface area contributed by atoms with Crippen molar-refractivity contribution in [1.29, 1.82) is 0 Å². The van der Waals surface area contributed by atoms with Crippen LogP contribution in [0.3, 0.4) is 0 Å². The molecule has 0 saturated carbocycles. The van der Waals surface area contributed by atoms with Crippen LogP contribution in [0.1, 0.15) is 25.7 Å². The summed E-state index contributed by atoms with van der Waals surface area (Å²) in [6.07, 6.45) is 4.63. The molecule has 1 N–H and O–H groups in total. The summed E-state index contributed by atoms with van der Waals surface area (Å²) in [5.74, 6) is -0.272. The Morgan fingerprint density at radius 2 is 2.00 bits per heavy atom. The highest BCUT2D eigenvalue weighted by Gasteiger charge is 2.46. The first-order valence-corrected chi connectivity index (χ1v) is 6.65. The van der Waals surface area contributed by atoms with E-state index >= 15 is 0 Å². The molecule has 3 aliphatic heterocycles. The first-order valence-electron chi connectivity index (χ1n) is 6.65. The Labute approximate surface area is 106 Å². The smallest absolute Gasteiger partial charge is 0.258 e. The van der Waals surface area contributed by atoms with Gasteiger partial charge in [-0.2, -0.15) is 0 Å². The largest absolute Gasteiger partial charge is 0.355 e. The molecule has 0 aliphatic carbocycles. The van der Waals surface area contributed by atoms with E-state index in [1.165, 1.54) is 10.5 Å². The minimum absolute atomic E-state index is 0.136. The molecule has 98 valence electrons. The maximum atomic E-state index is 12.0. The number of hydrogen-bond donors (Lipinski definition) is 1. The molecule has 0 aromatic heterocycles. The van der Waals surface area contributed by atoms with Crippen molar-refractivity contribution >= 4 is 11.8 Å². The first-order chi connectivity index (χ1) is 8.75. The lowest BCUT2D eigenvalue weighted by Crippen LogP contribution is -2.52. The summed E-state index contributed by atoms with van der Waals surface area (Å²) >= 11 is 0. The Kier molecular flexibility index (Phi) is 3.18. The second-order valence-corrected chi connectivity index (χ2v) is 5.09. The molecule has 0 spiro atoms. The number of nitrogens with zero attached hydrogens (tertiary/aromatic N) is 1. The van der Waals surface area contributed by atoms with Crippen molar-refractivity contribution in [1.82, 2.24) is 10.2 Å². The summed E-state index contributed by atoms with van der Waals surface area (Å²) in [6.45, 7) is 2.40. The summed E-state index contributed by atoms with van der Waals surface area (Å²) < 4.78 is 5.38. The van der Waals surface area contributed by atoms with Gasteiger partial charge in [-0.15, -0.1) is 0 Å². The summed E-state index contributed by atoms with van der Waals surface area (Å²) in [7, 11) is 0. The van der Waals surface area contributed by atoms with Gasteiger partial charge in [-0.3, -0.25) is 14.5 Å². The van der Waals surface area contributed by atoms with E-state index in [1.807, 2.05) is 0 Å². The molecule has 3 aliphatic rings. The Balaban J connectivity index is 1.63. The minimum atomic E-state index is -0.366. The zero-order valence-electron chi connectivity index (χ0n) is 10.4. The number of amides is 2. The second kappa shape index (κ2) is 4.82. The number of carbonyl (C=O) groups excluding carboxylic acids is 2. The molecule has 0 radical (unpaired) electrons. The summed E-state index contributed by atoms with van der Waals surface area (Å²) in [4.78, 5) is 25.4. The summed E-state index contributed by atoms with van der Waals surface area (Å²) in [6, 6.07) is 0. The number of fused-ring (bicyclic) bond motifs is 2. The van der Waals surface area contributed by atoms with Crippen LogP contribution < -0.4 is 5.32 Å². The maximum Gasteiger partial charge on any atom is 0.258 e. The molecule has 2 atom stereocenters. The van der Waals surface area contributed by atoms with Crippen molar-refractivity contribution in [3.05, 3.63) is 11.6 Å². The van der Waals surface area contributed by atoms with Gasteiger partial charge in [0.25, 0.3) is 11.8 Å². The molecule has 2 saturated heterocycles. The Morgan fingerprint density at radius 3 is 2.61 bits per heavy atom. The number of imide groups is 1. The van der Waals surface area contributed by atoms with Crippen LogP contribution in [0, 0.1) is 0 Å². The molecule has 2 amide bonds. The molecule has 5 nitrogen and oxygen atoms in total. The third kappa shape index (κ3) is 2.08. The maximum absolute atomic E-state index is 12.0. The molecule has 2 bridgehead atoms. The van der Waals surface area contributed by atoms with E-state index in [9.17, 15) is 9.59 Å². The highest BCUT2D eigenvalue weighted by Crippen LogP contribution is 2.28. The highest BCUT2D eigenvalue weighted by atomic mass is 16.5. The lowest BCUT2D eigenvalue weighted by molar-refractivity contribution is -0.168. The van der Waals surface area contributed by atoms with E-state index in [0.29, 0.717) is 19.4 Å². The van der Waals surface area contributed by atoms with Gasteiger partial charge in [0.2, 0.25) is 0 Å². The number of hydrogen-bond acceptors (Lipinski definition) is 4. The van der Waals surface area contributed by atoms with Crippen molar-refractivity contribution in [2.75, 3.05) is 19.6 Å². The number of nitrogens with one attached hydrogen (secondary N) is 1. The van der Waals surface area contributed by atoms with E-state index in [2.05, 4.69) is 11.4 Å². The fraction of sp³-hybridized carbons (Fsp3) is 0.692. The SMILES string of the molecule is O=C1C2CCC(O2)C(=O)N1CCC1=CCNCC1. The number of rotatable bonds is 3. The third-order valence-electron chi connectivity index (χ3n) is 3.92. The van der Waals surface area contributed by atoms with Crippen molar-refractivity contribution in [3.8, 4) is 0 Å². The minimum Gasteiger partial charge on any atom is -0.355 e. The van der Waals surface area contributed by atoms with Gasteiger partial charge in [0.15, 0.2) is 0 Å². The number of carbonyl (C=O) groups is 2. The number of morpholine rings is 1. The highest BCUT2D eigenvalue weighted by molar-refractivity contribution is 6.02. The van der Waals surface area contributed by atoms with E-state index in [-0.39, 0.29) is 24.0 Å². The van der Waals surface area contributed by atoms with Crippen molar-refractivity contribution in [2.24, 2.45) is 0 Å². The number of ether oxygens (including phenoxy) is 1. The average molecular weight is 250 g/mol. The molecule has 0 aromatic rings. The molecule has 5 heteroatoms. The van der Waals surface area contributed by atoms with Crippen LogP contribution in [0.2, 0.25) is 0 Å². The Bertz CT molecular complexity index is 383. The predicted molar refractivity (Wildman–Crippen MR) is 64.8 cm³/mol. The van der Waals surface area contributed by atoms with Crippen molar-refractivity contribution in [3.63, 3.8) is 0 Å². The lowest BCUT2D eigenvalue weighted by Gasteiger charge is -2.30. The second-order valence-electron chi connectivity index (χ2n) is 5.09. The number of likely N-dealkylation sites (tertiary alicyclic amines) is 1. The Morgan fingerprint density at radius 1 is 1.28 bits per heavy atom. The predicted octanol–water partition coefficient (Wildman–Crippen LogP) is 0.213. The normalized spacial score (nSPS) is 31.8. The van der Waals surface area contributed by atoms with E-state index in [4.69, 9.17) is 4.74 Å². The average Bonchev–Trinajstić information content (AvgIpc) is 2.85. The molecule has 18 heavy (non-hydrogen) atoms. The summed E-state index contributed by atoms with van der Waals surface area (Å²) in [5, 5.41) is 3.25. The third-order valence-corrected chi connectivity index (χ3v) is 3.92. The standard InChI is InChI=1S/C13H18N2O3/c16-12-10-1-2-11(18-10)13(17)15(12)8-5-9-3-6-14-7-4-9/h3,10-11,14H,1-2,4-8H2. The van der Waals surface area contributed by atoms with Crippen LogP contribution in [-0.4, -0.2) is 48.6 Å². The fourth-order valence-electron chi connectivity index (χ4n) is 2.83. The van der Waals surface area contributed by atoms with Crippen LogP contribution in [0.4, 0.5) is 0 Å². The summed E-state index contributed by atoms with van der Waals surface area (Å²) in [5.41, 5.74) is 1.34. The quantitative estimate of drug-likeness (QED) is 0.575. The zero-order chi connectivity index (χ0) is 12.5. The molecular formula is C13H18N2O3. The monoisotopic (exact) mass is 250 g/mol. The molecule has 2 unspecified atom stereocenters. The first kappa shape index (κ1) is 11.9. The van der Waals surface area contributed by atoms with Crippen LogP contribution in [0.25, 0.3) is 0 Å².